The molecule has 0 amide bonds. The van der Waals surface area contributed by atoms with E-state index >= 15 is 4.39 Å². The molecular weight excluding hydrogens is 621 g/mol. The number of sulfonamides is 1. The third-order valence-electron chi connectivity index (χ3n) is 9.84. The number of pyridine rings is 1. The molecule has 0 radical (unpaired) electrons. The molecule has 0 aliphatic carbocycles. The number of benzene rings is 2. The molecule has 3 N–H and O–H groups in total. The highest BCUT2D eigenvalue weighted by Gasteiger charge is 2.49. The third kappa shape index (κ3) is 5.29. The Hall–Kier alpha value is -3.75. The van der Waals surface area contributed by atoms with E-state index in [-0.39, 0.29) is 66.5 Å². The van der Waals surface area contributed by atoms with Crippen molar-refractivity contribution in [1.29, 1.82) is 0 Å². The number of hydrogen-bond donors (Lipinski definition) is 2. The van der Waals surface area contributed by atoms with Crippen molar-refractivity contribution in [3.63, 3.8) is 0 Å². The van der Waals surface area contributed by atoms with E-state index in [2.05, 4.69) is 19.9 Å². The van der Waals surface area contributed by atoms with E-state index in [9.17, 15) is 22.3 Å². The van der Waals surface area contributed by atoms with Gasteiger partial charge in [-0.05, 0) is 73.2 Å². The van der Waals surface area contributed by atoms with Crippen LogP contribution in [0.1, 0.15) is 44.6 Å². The Kier molecular flexibility index (Phi) is 7.72. The summed E-state index contributed by atoms with van der Waals surface area (Å²) in [5.41, 5.74) is -0.145. The zero-order chi connectivity index (χ0) is 32.4. The smallest absolute Gasteiger partial charge is 0.319 e. The number of aromatic nitrogens is 3. The number of phenols is 1. The Bertz CT molecular complexity index is 1960. The molecule has 0 unspecified atom stereocenters. The number of alkyl halides is 1. The molecule has 3 aliphatic rings. The molecule has 4 aromatic rings. The molecule has 2 aromatic carbocycles. The van der Waals surface area contributed by atoms with Crippen LogP contribution < -0.4 is 14.8 Å². The number of nitrogens with zero attached hydrogens (tertiary/aromatic N) is 5. The first-order valence-corrected chi connectivity index (χ1v) is 17.2. The second-order valence-electron chi connectivity index (χ2n) is 12.6. The van der Waals surface area contributed by atoms with Crippen LogP contribution in [0.4, 0.5) is 19.0 Å². The molecule has 14 heteroatoms. The summed E-state index contributed by atoms with van der Waals surface area (Å²) in [6.45, 7) is 3.60. The van der Waals surface area contributed by atoms with E-state index in [0.717, 1.165) is 19.4 Å². The van der Waals surface area contributed by atoms with Gasteiger partial charge < -0.3 is 14.7 Å². The van der Waals surface area contributed by atoms with Gasteiger partial charge in [-0.3, -0.25) is 9.88 Å². The lowest BCUT2D eigenvalue weighted by Crippen LogP contribution is -2.43. The monoisotopic (exact) mass is 656 g/mol. The molecule has 0 bridgehead atoms. The highest BCUT2D eigenvalue weighted by Crippen LogP contribution is 2.42. The molecule has 2 aromatic heterocycles. The van der Waals surface area contributed by atoms with E-state index in [1.807, 2.05) is 4.90 Å². The van der Waals surface area contributed by atoms with Crippen LogP contribution in [0.2, 0.25) is 0 Å². The Morgan fingerprint density at radius 2 is 1.93 bits per heavy atom. The summed E-state index contributed by atoms with van der Waals surface area (Å²) in [6, 6.07) is 5.59. The Morgan fingerprint density at radius 3 is 2.67 bits per heavy atom. The van der Waals surface area contributed by atoms with Crippen molar-refractivity contribution in [3.05, 3.63) is 47.7 Å². The number of aromatic hydroxyl groups is 1. The zero-order valence-electron chi connectivity index (χ0n) is 25.3. The maximum atomic E-state index is 16.7. The Morgan fingerprint density at radius 1 is 1.15 bits per heavy atom. The standard InChI is InChI=1S/C32H35F3N6O4S/c1-2-22-25(34)5-4-18-12-20(42)13-23(26(18)22)28-27(35)29-24(15-37-28)30(40-10-6-21(7-11-40)46(36,43)44)39-31(38-29)45-17-32-8-3-9-41(32)16-19(33)14-32/h4-5,12-13,15,19,21,42H,2-3,6-11,14,16-17H2,1H3,(H2,36,43,44)/t19-,32+/m1/s1. The number of piperidine rings is 1. The van der Waals surface area contributed by atoms with Gasteiger partial charge in [-0.25, -0.2) is 26.7 Å². The van der Waals surface area contributed by atoms with Crippen LogP contribution in [0.5, 0.6) is 11.8 Å². The van der Waals surface area contributed by atoms with Crippen LogP contribution in [0.3, 0.4) is 0 Å². The zero-order valence-corrected chi connectivity index (χ0v) is 26.2. The number of aryl methyl sites for hydroxylation is 1. The lowest BCUT2D eigenvalue weighted by atomic mass is 9.94. The molecule has 3 fully saturated rings. The van der Waals surface area contributed by atoms with Gasteiger partial charge >= 0.3 is 6.01 Å². The van der Waals surface area contributed by atoms with Crippen LogP contribution in [-0.2, 0) is 16.4 Å². The van der Waals surface area contributed by atoms with Gasteiger partial charge in [-0.15, -0.1) is 0 Å². The van der Waals surface area contributed by atoms with Gasteiger partial charge in [0.1, 0.15) is 41.4 Å². The average molecular weight is 657 g/mol. The number of halogens is 3. The van der Waals surface area contributed by atoms with E-state index in [4.69, 9.17) is 9.88 Å². The van der Waals surface area contributed by atoms with Crippen molar-refractivity contribution in [2.24, 2.45) is 5.14 Å². The van der Waals surface area contributed by atoms with E-state index in [1.165, 1.54) is 30.5 Å². The first-order valence-electron chi connectivity index (χ1n) is 15.6. The maximum Gasteiger partial charge on any atom is 0.319 e. The normalized spacial score (nSPS) is 22.6. The van der Waals surface area contributed by atoms with Crippen molar-refractivity contribution in [1.82, 2.24) is 19.9 Å². The van der Waals surface area contributed by atoms with Crippen LogP contribution in [0, 0.1) is 11.6 Å². The molecule has 0 saturated carbocycles. The number of fused-ring (bicyclic) bond motifs is 3. The molecule has 2 atom stereocenters. The first kappa shape index (κ1) is 30.9. The topological polar surface area (TPSA) is 135 Å². The van der Waals surface area contributed by atoms with Gasteiger partial charge in [0, 0.05) is 37.8 Å². The molecule has 7 rings (SSSR count). The maximum absolute atomic E-state index is 16.7. The van der Waals surface area contributed by atoms with Gasteiger partial charge in [-0.1, -0.05) is 13.0 Å². The van der Waals surface area contributed by atoms with E-state index in [1.54, 1.807) is 6.92 Å². The predicted octanol–water partition coefficient (Wildman–Crippen LogP) is 4.60. The molecule has 10 nitrogen and oxygen atoms in total. The van der Waals surface area contributed by atoms with Gasteiger partial charge in [0.15, 0.2) is 5.82 Å². The van der Waals surface area contributed by atoms with Gasteiger partial charge in [-0.2, -0.15) is 9.97 Å². The number of rotatable bonds is 7. The minimum absolute atomic E-state index is 0.0971. The summed E-state index contributed by atoms with van der Waals surface area (Å²) in [5, 5.41) is 16.5. The number of nitrogens with two attached hydrogens (primary N) is 1. The summed E-state index contributed by atoms with van der Waals surface area (Å²) < 4.78 is 76.3. The van der Waals surface area contributed by atoms with Crippen molar-refractivity contribution >= 4 is 37.5 Å². The summed E-state index contributed by atoms with van der Waals surface area (Å²) in [7, 11) is -3.73. The number of hydrogen-bond acceptors (Lipinski definition) is 9. The summed E-state index contributed by atoms with van der Waals surface area (Å²) in [5.74, 6) is -1.07. The minimum atomic E-state index is -3.73. The van der Waals surface area contributed by atoms with Crippen molar-refractivity contribution in [3.8, 4) is 23.0 Å². The molecule has 3 saturated heterocycles. The quantitative estimate of drug-likeness (QED) is 0.293. The number of primary sulfonamides is 1. The van der Waals surface area contributed by atoms with Crippen LogP contribution in [0.15, 0.2) is 30.5 Å². The summed E-state index contributed by atoms with van der Waals surface area (Å²) in [6.07, 6.45) is 3.32. The highest BCUT2D eigenvalue weighted by molar-refractivity contribution is 7.89. The van der Waals surface area contributed by atoms with Crippen molar-refractivity contribution < 1.29 is 31.4 Å². The van der Waals surface area contributed by atoms with Gasteiger partial charge in [0.05, 0.1) is 16.2 Å². The fraction of sp³-hybridized carbons (Fsp3) is 0.469. The average Bonchev–Trinajstić information content (AvgIpc) is 3.55. The largest absolute Gasteiger partial charge is 0.508 e. The number of anilines is 1. The summed E-state index contributed by atoms with van der Waals surface area (Å²) in [4.78, 5) is 17.5. The van der Waals surface area contributed by atoms with Crippen LogP contribution in [0.25, 0.3) is 32.9 Å². The third-order valence-corrected chi connectivity index (χ3v) is 11.2. The number of ether oxygens (including phenoxy) is 1. The molecule has 244 valence electrons. The van der Waals surface area contributed by atoms with Crippen molar-refractivity contribution in [2.45, 2.75) is 62.4 Å². The second-order valence-corrected chi connectivity index (χ2v) is 14.5. The molecule has 3 aliphatic heterocycles. The van der Waals surface area contributed by atoms with Crippen molar-refractivity contribution in [2.75, 3.05) is 37.7 Å². The van der Waals surface area contributed by atoms with Gasteiger partial charge in [0.25, 0.3) is 0 Å². The lowest BCUT2D eigenvalue weighted by molar-refractivity contribution is 0.107. The lowest BCUT2D eigenvalue weighted by Gasteiger charge is -2.33. The molecular formula is C32H35F3N6O4S. The SMILES string of the molecule is CCc1c(F)ccc2cc(O)cc(-c3ncc4c(N5CCC(S(N)(=O)=O)CC5)nc(OC[C@@]56CCCN5C[C@H](F)C6)nc4c3F)c12. The van der Waals surface area contributed by atoms with E-state index < -0.39 is 38.6 Å². The summed E-state index contributed by atoms with van der Waals surface area (Å²) >= 11 is 0. The second kappa shape index (κ2) is 11.5. The molecule has 46 heavy (non-hydrogen) atoms. The Balaban J connectivity index is 1.35. The molecule has 0 spiro atoms. The highest BCUT2D eigenvalue weighted by atomic mass is 32.2. The predicted molar refractivity (Wildman–Crippen MR) is 168 cm³/mol. The van der Waals surface area contributed by atoms with Gasteiger partial charge in [0.2, 0.25) is 10.0 Å². The Labute approximate surface area is 264 Å². The fourth-order valence-corrected chi connectivity index (χ4v) is 8.46. The fourth-order valence-electron chi connectivity index (χ4n) is 7.59. The minimum Gasteiger partial charge on any atom is -0.508 e. The molecule has 5 heterocycles. The van der Waals surface area contributed by atoms with E-state index in [0.29, 0.717) is 41.5 Å². The number of phenolic OH excluding ortho intramolecular Hbond substituents is 1. The van der Waals surface area contributed by atoms with Crippen LogP contribution in [-0.4, -0.2) is 83.1 Å². The van der Waals surface area contributed by atoms with Crippen LogP contribution >= 0.6 is 0 Å². The first-order chi connectivity index (χ1) is 22.0.